The van der Waals surface area contributed by atoms with Crippen molar-refractivity contribution in [1.29, 1.82) is 0 Å². The molecule has 0 amide bonds. The van der Waals surface area contributed by atoms with E-state index in [1.807, 2.05) is 0 Å². The third-order valence-corrected chi connectivity index (χ3v) is 8.31. The van der Waals surface area contributed by atoms with Gasteiger partial charge in [0.15, 0.2) is 0 Å². The van der Waals surface area contributed by atoms with Crippen molar-refractivity contribution in [3.8, 4) is 0 Å². The average Bonchev–Trinajstić information content (AvgIpc) is 2.83. The molecule has 28 heavy (non-hydrogen) atoms. The summed E-state index contributed by atoms with van der Waals surface area (Å²) in [6, 6.07) is 0. The summed E-state index contributed by atoms with van der Waals surface area (Å²) in [6.07, 6.45) is 4.75. The number of hydrogen-bond donors (Lipinski definition) is 2. The summed E-state index contributed by atoms with van der Waals surface area (Å²) >= 11 is 0. The van der Waals surface area contributed by atoms with E-state index in [1.165, 1.54) is 13.0 Å². The lowest BCUT2D eigenvalue weighted by Gasteiger charge is -2.65. The summed E-state index contributed by atoms with van der Waals surface area (Å²) in [4.78, 5) is 23.8. The van der Waals surface area contributed by atoms with Gasteiger partial charge in [0.05, 0.1) is 5.60 Å². The van der Waals surface area contributed by atoms with Crippen molar-refractivity contribution in [2.75, 3.05) is 0 Å². The highest BCUT2D eigenvalue weighted by Crippen LogP contribution is 2.67. The fraction of sp³-hybridized carbons (Fsp3) is 0.818. The Kier molecular flexibility index (Phi) is 4.13. The van der Waals surface area contributed by atoms with Crippen LogP contribution >= 0.6 is 0 Å². The van der Waals surface area contributed by atoms with E-state index in [0.717, 1.165) is 19.3 Å². The molecule has 0 aromatic heterocycles. The van der Waals surface area contributed by atoms with Gasteiger partial charge in [0.25, 0.3) is 0 Å². The molecule has 1 aliphatic heterocycles. The molecule has 1 heterocycles. The highest BCUT2D eigenvalue weighted by molar-refractivity contribution is 5.87. The maximum absolute atomic E-state index is 11.9. The molecule has 0 spiro atoms. The number of fused-ring (bicyclic) bond motifs is 4. The number of carbonyl (C=O) groups excluding carboxylic acids is 2. The topological polar surface area (TPSA) is 93.1 Å². The maximum atomic E-state index is 11.9. The van der Waals surface area contributed by atoms with Crippen LogP contribution in [0.15, 0.2) is 11.6 Å². The third kappa shape index (κ3) is 2.60. The molecule has 0 bridgehead atoms. The minimum Gasteiger partial charge on any atom is -0.462 e. The second-order valence-electron chi connectivity index (χ2n) is 10.5. The minimum absolute atomic E-state index is 0.0327. The Balaban J connectivity index is 1.83. The molecule has 0 aromatic carbocycles. The van der Waals surface area contributed by atoms with Crippen molar-refractivity contribution in [3.63, 3.8) is 0 Å². The number of carbonyl (C=O) groups is 2. The molecular weight excluding hydrogens is 360 g/mol. The summed E-state index contributed by atoms with van der Waals surface area (Å²) in [5.74, 6) is -2.83. The first-order chi connectivity index (χ1) is 12.8. The fourth-order valence-electron chi connectivity index (χ4n) is 7.48. The van der Waals surface area contributed by atoms with Crippen LogP contribution in [0.3, 0.4) is 0 Å². The molecule has 7 atom stereocenters. The molecule has 3 fully saturated rings. The number of ether oxygens (including phenoxy) is 2. The highest BCUT2D eigenvalue weighted by Gasteiger charge is 2.68. The Bertz CT molecular complexity index is 752. The Morgan fingerprint density at radius 1 is 1.18 bits per heavy atom. The zero-order valence-corrected chi connectivity index (χ0v) is 17.4. The summed E-state index contributed by atoms with van der Waals surface area (Å²) < 4.78 is 11.1. The molecule has 6 nitrogen and oxygen atoms in total. The van der Waals surface area contributed by atoms with E-state index < -0.39 is 17.4 Å². The van der Waals surface area contributed by atoms with Crippen LogP contribution in [0, 0.1) is 28.6 Å². The normalized spacial score (nSPS) is 49.2. The van der Waals surface area contributed by atoms with Crippen LogP contribution in [-0.2, 0) is 19.1 Å². The summed E-state index contributed by atoms with van der Waals surface area (Å²) in [7, 11) is 0. The van der Waals surface area contributed by atoms with Crippen LogP contribution in [0.4, 0.5) is 0 Å². The van der Waals surface area contributed by atoms with Gasteiger partial charge < -0.3 is 19.7 Å². The van der Waals surface area contributed by atoms with Gasteiger partial charge in [-0.25, -0.2) is 4.79 Å². The van der Waals surface area contributed by atoms with Gasteiger partial charge in [0.2, 0.25) is 5.79 Å². The van der Waals surface area contributed by atoms with Crippen LogP contribution in [0.2, 0.25) is 0 Å². The Hall–Kier alpha value is -1.40. The van der Waals surface area contributed by atoms with Gasteiger partial charge in [-0.2, -0.15) is 0 Å². The molecule has 3 saturated carbocycles. The van der Waals surface area contributed by atoms with Crippen molar-refractivity contribution in [1.82, 2.24) is 0 Å². The SMILES string of the molecule is CC(=O)O[C@@H]1C[C@@H]2[C@H](C[C@@]3(O)OC(=O)C=C3[C@@]2(C)O)[C@@]2(C)CCCC(C)(C)[C@H]12. The van der Waals surface area contributed by atoms with E-state index in [-0.39, 0.29) is 52.7 Å². The summed E-state index contributed by atoms with van der Waals surface area (Å²) in [6.45, 7) is 9.75. The first kappa shape index (κ1) is 19.9. The predicted octanol–water partition coefficient (Wildman–Crippen LogP) is 2.71. The Morgan fingerprint density at radius 2 is 1.86 bits per heavy atom. The Morgan fingerprint density at radius 3 is 2.50 bits per heavy atom. The van der Waals surface area contributed by atoms with Crippen LogP contribution in [-0.4, -0.2) is 39.6 Å². The molecule has 0 aromatic rings. The van der Waals surface area contributed by atoms with E-state index in [0.29, 0.717) is 6.42 Å². The molecule has 4 aliphatic rings. The maximum Gasteiger partial charge on any atom is 0.333 e. The van der Waals surface area contributed by atoms with E-state index in [2.05, 4.69) is 20.8 Å². The van der Waals surface area contributed by atoms with E-state index >= 15 is 0 Å². The second kappa shape index (κ2) is 5.82. The average molecular weight is 392 g/mol. The summed E-state index contributed by atoms with van der Waals surface area (Å²) in [5, 5.41) is 22.7. The van der Waals surface area contributed by atoms with Crippen LogP contribution in [0.5, 0.6) is 0 Å². The van der Waals surface area contributed by atoms with Gasteiger partial charge >= 0.3 is 11.9 Å². The molecule has 3 aliphatic carbocycles. The van der Waals surface area contributed by atoms with Gasteiger partial charge in [0, 0.05) is 30.9 Å². The zero-order valence-electron chi connectivity index (χ0n) is 17.4. The Labute approximate surface area is 166 Å². The van der Waals surface area contributed by atoms with E-state index in [4.69, 9.17) is 9.47 Å². The predicted molar refractivity (Wildman–Crippen MR) is 101 cm³/mol. The molecular formula is C22H32O6. The largest absolute Gasteiger partial charge is 0.462 e. The van der Waals surface area contributed by atoms with Crippen molar-refractivity contribution in [2.24, 2.45) is 28.6 Å². The van der Waals surface area contributed by atoms with Gasteiger partial charge in [0.1, 0.15) is 6.10 Å². The molecule has 0 saturated heterocycles. The second-order valence-corrected chi connectivity index (χ2v) is 10.5. The minimum atomic E-state index is -1.74. The van der Waals surface area contributed by atoms with Gasteiger partial charge in [-0.3, -0.25) is 4.79 Å². The molecule has 6 heteroatoms. The van der Waals surface area contributed by atoms with E-state index in [9.17, 15) is 19.8 Å². The molecule has 2 N–H and O–H groups in total. The molecule has 0 radical (unpaired) electrons. The van der Waals surface area contributed by atoms with Crippen molar-refractivity contribution in [2.45, 2.75) is 84.2 Å². The number of rotatable bonds is 1. The van der Waals surface area contributed by atoms with Crippen LogP contribution in [0.1, 0.15) is 66.7 Å². The molecule has 156 valence electrons. The lowest BCUT2D eigenvalue weighted by Crippen LogP contribution is -2.66. The highest BCUT2D eigenvalue weighted by atomic mass is 16.7. The van der Waals surface area contributed by atoms with Gasteiger partial charge in [-0.1, -0.05) is 27.2 Å². The smallest absolute Gasteiger partial charge is 0.333 e. The molecule has 4 rings (SSSR count). The number of hydrogen-bond acceptors (Lipinski definition) is 6. The van der Waals surface area contributed by atoms with Crippen molar-refractivity contribution < 1.29 is 29.3 Å². The first-order valence-corrected chi connectivity index (χ1v) is 10.4. The lowest BCUT2D eigenvalue weighted by atomic mass is 9.41. The number of esters is 2. The van der Waals surface area contributed by atoms with Crippen molar-refractivity contribution in [3.05, 3.63) is 11.6 Å². The monoisotopic (exact) mass is 392 g/mol. The fourth-order valence-corrected chi connectivity index (χ4v) is 7.48. The number of aliphatic hydroxyl groups is 2. The van der Waals surface area contributed by atoms with Crippen molar-refractivity contribution >= 4 is 11.9 Å². The van der Waals surface area contributed by atoms with Crippen LogP contribution < -0.4 is 0 Å². The third-order valence-electron chi connectivity index (χ3n) is 8.31. The standard InChI is InChI=1S/C22H32O6/c1-12(23)27-15-9-13-14(20(4)8-6-7-19(2,3)18(15)20)11-22(26)16(21(13,5)25)10-17(24)28-22/h10,13-15,18,25-26H,6-9,11H2,1-5H3/t13-,14+,15-,18+,20-,21+,22-/m1/s1. The van der Waals surface area contributed by atoms with Gasteiger partial charge in [-0.05, 0) is 48.9 Å². The van der Waals surface area contributed by atoms with E-state index in [1.54, 1.807) is 6.92 Å². The lowest BCUT2D eigenvalue weighted by molar-refractivity contribution is -0.260. The van der Waals surface area contributed by atoms with Gasteiger partial charge in [-0.15, -0.1) is 0 Å². The van der Waals surface area contributed by atoms with Crippen LogP contribution in [0.25, 0.3) is 0 Å². The zero-order chi connectivity index (χ0) is 20.7. The summed E-state index contributed by atoms with van der Waals surface area (Å²) in [5.41, 5.74) is -1.44. The first-order valence-electron chi connectivity index (χ1n) is 10.4. The quantitative estimate of drug-likeness (QED) is 0.667. The molecule has 0 unspecified atom stereocenters.